The lowest BCUT2D eigenvalue weighted by atomic mass is 10.1. The first-order valence-corrected chi connectivity index (χ1v) is 8.35. The molecule has 0 aliphatic rings. The molecule has 1 aromatic heterocycles. The molecule has 0 bridgehead atoms. The number of aromatic nitrogens is 2. The first-order chi connectivity index (χ1) is 10.5. The fourth-order valence-electron chi connectivity index (χ4n) is 2.26. The van der Waals surface area contributed by atoms with Gasteiger partial charge >= 0.3 is 0 Å². The van der Waals surface area contributed by atoms with Crippen molar-refractivity contribution in [1.29, 1.82) is 0 Å². The van der Waals surface area contributed by atoms with Crippen LogP contribution in [-0.2, 0) is 17.8 Å². The van der Waals surface area contributed by atoms with E-state index in [9.17, 15) is 4.79 Å². The highest BCUT2D eigenvalue weighted by Crippen LogP contribution is 2.12. The molecule has 2 aromatic rings. The van der Waals surface area contributed by atoms with Crippen LogP contribution in [0.5, 0.6) is 0 Å². The van der Waals surface area contributed by atoms with E-state index in [1.807, 2.05) is 25.3 Å². The van der Waals surface area contributed by atoms with Crippen LogP contribution in [0.25, 0.3) is 0 Å². The second-order valence-electron chi connectivity index (χ2n) is 5.66. The molecule has 5 heteroatoms. The van der Waals surface area contributed by atoms with Gasteiger partial charge in [-0.3, -0.25) is 9.48 Å². The summed E-state index contributed by atoms with van der Waals surface area (Å²) in [6.07, 6.45) is 6.12. The van der Waals surface area contributed by atoms with Crippen molar-refractivity contribution in [2.75, 3.05) is 0 Å². The van der Waals surface area contributed by atoms with Crippen LogP contribution in [0.3, 0.4) is 0 Å². The summed E-state index contributed by atoms with van der Waals surface area (Å²) in [6, 6.07) is 8.49. The topological polar surface area (TPSA) is 46.9 Å². The standard InChI is InChI=1S/C17H22BrN3O/c1-13-11-19-21(12-13)10-9-17(22)20-14(2)3-4-15-5-7-16(18)8-6-15/h5-8,11-12,14H,3-4,9-10H2,1-2H3,(H,20,22)/t14-/m0/s1. The Kier molecular flexibility index (Phi) is 6.19. The van der Waals surface area contributed by atoms with Crippen molar-refractivity contribution in [2.45, 2.75) is 45.7 Å². The zero-order valence-corrected chi connectivity index (χ0v) is 14.6. The fraction of sp³-hybridized carbons (Fsp3) is 0.412. The minimum atomic E-state index is 0.0801. The highest BCUT2D eigenvalue weighted by molar-refractivity contribution is 9.10. The monoisotopic (exact) mass is 363 g/mol. The van der Waals surface area contributed by atoms with E-state index < -0.39 is 0 Å². The number of carbonyl (C=O) groups is 1. The molecular weight excluding hydrogens is 342 g/mol. The van der Waals surface area contributed by atoms with E-state index in [1.54, 1.807) is 10.9 Å². The molecule has 0 spiro atoms. The van der Waals surface area contributed by atoms with Gasteiger partial charge in [-0.15, -0.1) is 0 Å². The molecule has 1 aromatic carbocycles. The average molecular weight is 364 g/mol. The van der Waals surface area contributed by atoms with Gasteiger partial charge in [0, 0.05) is 29.7 Å². The molecule has 1 atom stereocenters. The van der Waals surface area contributed by atoms with Crippen molar-refractivity contribution in [1.82, 2.24) is 15.1 Å². The second-order valence-corrected chi connectivity index (χ2v) is 6.58. The predicted molar refractivity (Wildman–Crippen MR) is 91.6 cm³/mol. The number of aryl methyl sites for hydroxylation is 3. The number of rotatable bonds is 7. The molecule has 0 radical (unpaired) electrons. The summed E-state index contributed by atoms with van der Waals surface area (Å²) < 4.78 is 2.90. The molecular formula is C17H22BrN3O. The van der Waals surface area contributed by atoms with Crippen molar-refractivity contribution >= 4 is 21.8 Å². The summed E-state index contributed by atoms with van der Waals surface area (Å²) in [4.78, 5) is 11.9. The molecule has 118 valence electrons. The number of nitrogens with zero attached hydrogens (tertiary/aromatic N) is 2. The third kappa shape index (κ3) is 5.64. The fourth-order valence-corrected chi connectivity index (χ4v) is 2.52. The Morgan fingerprint density at radius 3 is 2.73 bits per heavy atom. The minimum absolute atomic E-state index is 0.0801. The summed E-state index contributed by atoms with van der Waals surface area (Å²) in [5, 5.41) is 7.23. The van der Waals surface area contributed by atoms with Gasteiger partial charge in [0.1, 0.15) is 0 Å². The maximum atomic E-state index is 11.9. The van der Waals surface area contributed by atoms with Gasteiger partial charge < -0.3 is 5.32 Å². The van der Waals surface area contributed by atoms with Gasteiger partial charge in [0.25, 0.3) is 0 Å². The van der Waals surface area contributed by atoms with Gasteiger partial charge in [-0.25, -0.2) is 0 Å². The van der Waals surface area contributed by atoms with Crippen LogP contribution in [-0.4, -0.2) is 21.7 Å². The van der Waals surface area contributed by atoms with Crippen molar-refractivity contribution in [3.05, 3.63) is 52.3 Å². The number of amides is 1. The smallest absolute Gasteiger partial charge is 0.222 e. The van der Waals surface area contributed by atoms with Crippen LogP contribution in [0.15, 0.2) is 41.1 Å². The van der Waals surface area contributed by atoms with E-state index in [1.165, 1.54) is 5.56 Å². The maximum Gasteiger partial charge on any atom is 0.222 e. The second kappa shape index (κ2) is 8.13. The zero-order valence-electron chi connectivity index (χ0n) is 13.1. The number of carbonyl (C=O) groups excluding carboxylic acids is 1. The van der Waals surface area contributed by atoms with Crippen molar-refractivity contribution in [2.24, 2.45) is 0 Å². The average Bonchev–Trinajstić information content (AvgIpc) is 2.90. The predicted octanol–water partition coefficient (Wildman–Crippen LogP) is 3.48. The zero-order chi connectivity index (χ0) is 15.9. The van der Waals surface area contributed by atoms with Crippen molar-refractivity contribution in [3.63, 3.8) is 0 Å². The van der Waals surface area contributed by atoms with Crippen molar-refractivity contribution < 1.29 is 4.79 Å². The molecule has 1 heterocycles. The SMILES string of the molecule is Cc1cnn(CCC(=O)N[C@@H](C)CCc2ccc(Br)cc2)c1. The molecule has 0 aliphatic heterocycles. The highest BCUT2D eigenvalue weighted by atomic mass is 79.9. The van der Waals surface area contributed by atoms with Gasteiger partial charge in [-0.05, 0) is 49.9 Å². The molecule has 0 aliphatic carbocycles. The van der Waals surface area contributed by atoms with Gasteiger partial charge in [-0.2, -0.15) is 5.10 Å². The molecule has 0 saturated heterocycles. The normalized spacial score (nSPS) is 12.1. The molecule has 0 fully saturated rings. The van der Waals surface area contributed by atoms with Gasteiger partial charge in [0.15, 0.2) is 0 Å². The van der Waals surface area contributed by atoms with Gasteiger partial charge in [0.05, 0.1) is 6.20 Å². The van der Waals surface area contributed by atoms with Crippen LogP contribution in [0.4, 0.5) is 0 Å². The van der Waals surface area contributed by atoms with E-state index in [0.29, 0.717) is 13.0 Å². The number of hydrogen-bond donors (Lipinski definition) is 1. The van der Waals surface area contributed by atoms with Crippen LogP contribution < -0.4 is 5.32 Å². The molecule has 0 unspecified atom stereocenters. The van der Waals surface area contributed by atoms with E-state index in [0.717, 1.165) is 22.9 Å². The Labute approximate surface area is 140 Å². The molecule has 0 saturated carbocycles. The van der Waals surface area contributed by atoms with Crippen LogP contribution in [0, 0.1) is 6.92 Å². The third-order valence-electron chi connectivity index (χ3n) is 3.52. The quantitative estimate of drug-likeness (QED) is 0.818. The van der Waals surface area contributed by atoms with Crippen LogP contribution in [0.1, 0.15) is 30.9 Å². The van der Waals surface area contributed by atoms with E-state index in [4.69, 9.17) is 0 Å². The Morgan fingerprint density at radius 1 is 1.36 bits per heavy atom. The Bertz CT molecular complexity index is 607. The molecule has 22 heavy (non-hydrogen) atoms. The summed E-state index contributed by atoms with van der Waals surface area (Å²) in [7, 11) is 0. The summed E-state index contributed by atoms with van der Waals surface area (Å²) >= 11 is 3.43. The number of hydrogen-bond acceptors (Lipinski definition) is 2. The lowest BCUT2D eigenvalue weighted by molar-refractivity contribution is -0.122. The Morgan fingerprint density at radius 2 is 2.09 bits per heavy atom. The van der Waals surface area contributed by atoms with Gasteiger partial charge in [-0.1, -0.05) is 28.1 Å². The number of benzene rings is 1. The first kappa shape index (κ1) is 16.7. The first-order valence-electron chi connectivity index (χ1n) is 7.56. The summed E-state index contributed by atoms with van der Waals surface area (Å²) in [5.74, 6) is 0.0801. The summed E-state index contributed by atoms with van der Waals surface area (Å²) in [5.41, 5.74) is 2.40. The Hall–Kier alpha value is -1.62. The van der Waals surface area contributed by atoms with E-state index >= 15 is 0 Å². The van der Waals surface area contributed by atoms with Crippen LogP contribution >= 0.6 is 15.9 Å². The van der Waals surface area contributed by atoms with Crippen LogP contribution in [0.2, 0.25) is 0 Å². The maximum absolute atomic E-state index is 11.9. The highest BCUT2D eigenvalue weighted by Gasteiger charge is 2.08. The Balaban J connectivity index is 1.68. The number of nitrogens with one attached hydrogen (secondary N) is 1. The molecule has 1 N–H and O–H groups in total. The van der Waals surface area contributed by atoms with E-state index in [2.05, 4.69) is 45.4 Å². The molecule has 4 nitrogen and oxygen atoms in total. The van der Waals surface area contributed by atoms with Gasteiger partial charge in [0.2, 0.25) is 5.91 Å². The molecule has 1 amide bonds. The largest absolute Gasteiger partial charge is 0.354 e. The van der Waals surface area contributed by atoms with Crippen molar-refractivity contribution in [3.8, 4) is 0 Å². The third-order valence-corrected chi connectivity index (χ3v) is 4.05. The minimum Gasteiger partial charge on any atom is -0.354 e. The van der Waals surface area contributed by atoms with E-state index in [-0.39, 0.29) is 11.9 Å². The summed E-state index contributed by atoms with van der Waals surface area (Å²) in [6.45, 7) is 4.67. The molecule has 2 rings (SSSR count). The number of halogens is 1. The lowest BCUT2D eigenvalue weighted by Crippen LogP contribution is -2.33. The lowest BCUT2D eigenvalue weighted by Gasteiger charge is -2.14.